The van der Waals surface area contributed by atoms with Crippen molar-refractivity contribution in [2.75, 3.05) is 14.1 Å². The van der Waals surface area contributed by atoms with Crippen molar-refractivity contribution >= 4 is 0 Å². The Morgan fingerprint density at radius 1 is 1.00 bits per heavy atom. The summed E-state index contributed by atoms with van der Waals surface area (Å²) < 4.78 is 0. The molecule has 0 atom stereocenters. The van der Waals surface area contributed by atoms with Crippen molar-refractivity contribution in [3.63, 3.8) is 0 Å². The van der Waals surface area contributed by atoms with E-state index in [1.54, 1.807) is 0 Å². The highest BCUT2D eigenvalue weighted by molar-refractivity contribution is 5.22. The summed E-state index contributed by atoms with van der Waals surface area (Å²) in [5.74, 6) is 0.745. The highest BCUT2D eigenvalue weighted by Gasteiger charge is 1.98. The molecule has 0 aliphatic heterocycles. The number of hydrogen-bond acceptors (Lipinski definition) is 1. The predicted octanol–water partition coefficient (Wildman–Crippen LogP) is 2.95. The van der Waals surface area contributed by atoms with Crippen molar-refractivity contribution in [1.29, 1.82) is 0 Å². The first-order chi connectivity index (χ1) is 6.58. The maximum Gasteiger partial charge on any atom is 0.0227 e. The van der Waals surface area contributed by atoms with E-state index in [1.807, 2.05) is 0 Å². The van der Waals surface area contributed by atoms with Gasteiger partial charge in [0.15, 0.2) is 0 Å². The van der Waals surface area contributed by atoms with Gasteiger partial charge >= 0.3 is 0 Å². The first-order valence-corrected chi connectivity index (χ1v) is 5.30. The molecular formula is C13H21N. The number of benzene rings is 1. The third kappa shape index (κ3) is 3.93. The fourth-order valence-electron chi connectivity index (χ4n) is 1.62. The molecule has 1 heteroatoms. The average Bonchev–Trinajstić information content (AvgIpc) is 2.06. The molecule has 0 unspecified atom stereocenters. The Morgan fingerprint density at radius 3 is 1.93 bits per heavy atom. The molecule has 0 saturated carbocycles. The standard InChI is InChI=1S/C13H21N/c1-11(2)9-12-5-7-13(8-6-12)10-14(3)4/h5-8,11H,9-10H2,1-4H3. The largest absolute Gasteiger partial charge is 0.305 e. The Morgan fingerprint density at radius 2 is 1.50 bits per heavy atom. The van der Waals surface area contributed by atoms with Crippen molar-refractivity contribution in [2.24, 2.45) is 5.92 Å². The van der Waals surface area contributed by atoms with E-state index in [9.17, 15) is 0 Å². The van der Waals surface area contributed by atoms with Gasteiger partial charge in [-0.1, -0.05) is 38.1 Å². The summed E-state index contributed by atoms with van der Waals surface area (Å²) in [5.41, 5.74) is 2.84. The van der Waals surface area contributed by atoms with Crippen LogP contribution in [0.3, 0.4) is 0 Å². The van der Waals surface area contributed by atoms with Crippen LogP contribution in [0, 0.1) is 5.92 Å². The second-order valence-electron chi connectivity index (χ2n) is 4.65. The normalized spacial score (nSPS) is 11.3. The Balaban J connectivity index is 2.59. The summed E-state index contributed by atoms with van der Waals surface area (Å²) in [6, 6.07) is 8.97. The Bertz CT molecular complexity index is 230. The maximum atomic E-state index is 2.26. The van der Waals surface area contributed by atoms with Gasteiger partial charge in [0.05, 0.1) is 0 Å². The lowest BCUT2D eigenvalue weighted by Crippen LogP contribution is -2.10. The zero-order chi connectivity index (χ0) is 10.6. The molecule has 0 saturated heterocycles. The zero-order valence-electron chi connectivity index (χ0n) is 9.75. The molecule has 14 heavy (non-hydrogen) atoms. The van der Waals surface area contributed by atoms with Gasteiger partial charge in [0.25, 0.3) is 0 Å². The third-order valence-corrected chi connectivity index (χ3v) is 2.17. The Labute approximate surface area is 87.7 Å². The molecular weight excluding hydrogens is 170 g/mol. The van der Waals surface area contributed by atoms with Crippen LogP contribution >= 0.6 is 0 Å². The van der Waals surface area contributed by atoms with Crippen LogP contribution in [-0.4, -0.2) is 19.0 Å². The summed E-state index contributed by atoms with van der Waals surface area (Å²) in [6.07, 6.45) is 1.18. The number of hydrogen-bond donors (Lipinski definition) is 0. The molecule has 0 spiro atoms. The summed E-state index contributed by atoms with van der Waals surface area (Å²) >= 11 is 0. The molecule has 0 radical (unpaired) electrons. The van der Waals surface area contributed by atoms with Crippen molar-refractivity contribution in [1.82, 2.24) is 4.90 Å². The molecule has 0 aromatic heterocycles. The van der Waals surface area contributed by atoms with Gasteiger partial charge in [0.2, 0.25) is 0 Å². The van der Waals surface area contributed by atoms with E-state index in [2.05, 4.69) is 57.1 Å². The van der Waals surface area contributed by atoms with Crippen LogP contribution in [0.15, 0.2) is 24.3 Å². The molecule has 1 aromatic carbocycles. The second kappa shape index (κ2) is 5.16. The first kappa shape index (κ1) is 11.3. The van der Waals surface area contributed by atoms with E-state index in [0.29, 0.717) is 0 Å². The Kier molecular flexibility index (Phi) is 4.15. The minimum atomic E-state index is 0.745. The van der Waals surface area contributed by atoms with E-state index < -0.39 is 0 Å². The number of rotatable bonds is 4. The number of nitrogens with zero attached hydrogens (tertiary/aromatic N) is 1. The smallest absolute Gasteiger partial charge is 0.0227 e. The van der Waals surface area contributed by atoms with Crippen molar-refractivity contribution in [3.8, 4) is 0 Å². The van der Waals surface area contributed by atoms with Crippen molar-refractivity contribution in [2.45, 2.75) is 26.8 Å². The molecule has 1 aromatic rings. The van der Waals surface area contributed by atoms with Gasteiger partial charge in [-0.05, 0) is 37.6 Å². The first-order valence-electron chi connectivity index (χ1n) is 5.30. The third-order valence-electron chi connectivity index (χ3n) is 2.17. The molecule has 0 aliphatic carbocycles. The fourth-order valence-corrected chi connectivity index (χ4v) is 1.62. The molecule has 0 heterocycles. The average molecular weight is 191 g/mol. The summed E-state index contributed by atoms with van der Waals surface area (Å²) in [6.45, 7) is 5.55. The molecule has 0 amide bonds. The van der Waals surface area contributed by atoms with E-state index in [-0.39, 0.29) is 0 Å². The molecule has 0 fully saturated rings. The van der Waals surface area contributed by atoms with E-state index in [0.717, 1.165) is 12.5 Å². The lowest BCUT2D eigenvalue weighted by molar-refractivity contribution is 0.402. The lowest BCUT2D eigenvalue weighted by Gasteiger charge is -2.10. The molecule has 0 N–H and O–H groups in total. The monoisotopic (exact) mass is 191 g/mol. The topological polar surface area (TPSA) is 3.24 Å². The van der Waals surface area contributed by atoms with Crippen molar-refractivity contribution < 1.29 is 0 Å². The van der Waals surface area contributed by atoms with E-state index in [4.69, 9.17) is 0 Å². The Hall–Kier alpha value is -0.820. The highest BCUT2D eigenvalue weighted by Crippen LogP contribution is 2.10. The van der Waals surface area contributed by atoms with Crippen LogP contribution in [0.1, 0.15) is 25.0 Å². The minimum absolute atomic E-state index is 0.745. The van der Waals surface area contributed by atoms with E-state index >= 15 is 0 Å². The highest BCUT2D eigenvalue weighted by atomic mass is 15.0. The van der Waals surface area contributed by atoms with Gasteiger partial charge in [-0.25, -0.2) is 0 Å². The summed E-state index contributed by atoms with van der Waals surface area (Å²) in [4.78, 5) is 2.19. The molecule has 0 bridgehead atoms. The molecule has 1 nitrogen and oxygen atoms in total. The summed E-state index contributed by atoms with van der Waals surface area (Å²) in [5, 5.41) is 0. The second-order valence-corrected chi connectivity index (χ2v) is 4.65. The van der Waals surface area contributed by atoms with Crippen LogP contribution in [0.25, 0.3) is 0 Å². The lowest BCUT2D eigenvalue weighted by atomic mass is 10.0. The van der Waals surface area contributed by atoms with Crippen molar-refractivity contribution in [3.05, 3.63) is 35.4 Å². The van der Waals surface area contributed by atoms with Gasteiger partial charge in [-0.3, -0.25) is 0 Å². The maximum absolute atomic E-state index is 2.26. The van der Waals surface area contributed by atoms with Gasteiger partial charge in [-0.2, -0.15) is 0 Å². The van der Waals surface area contributed by atoms with E-state index in [1.165, 1.54) is 17.5 Å². The zero-order valence-corrected chi connectivity index (χ0v) is 9.75. The van der Waals surface area contributed by atoms with Gasteiger partial charge in [-0.15, -0.1) is 0 Å². The SMILES string of the molecule is CC(C)Cc1ccc(CN(C)C)cc1. The predicted molar refractivity (Wildman–Crippen MR) is 62.4 cm³/mol. The molecule has 78 valence electrons. The minimum Gasteiger partial charge on any atom is -0.305 e. The van der Waals surface area contributed by atoms with Gasteiger partial charge in [0, 0.05) is 6.54 Å². The summed E-state index contributed by atoms with van der Waals surface area (Å²) in [7, 11) is 4.20. The van der Waals surface area contributed by atoms with Gasteiger partial charge < -0.3 is 4.90 Å². The van der Waals surface area contributed by atoms with Crippen LogP contribution < -0.4 is 0 Å². The van der Waals surface area contributed by atoms with Crippen LogP contribution in [0.2, 0.25) is 0 Å². The van der Waals surface area contributed by atoms with Crippen LogP contribution in [-0.2, 0) is 13.0 Å². The van der Waals surface area contributed by atoms with Crippen LogP contribution in [0.5, 0.6) is 0 Å². The quantitative estimate of drug-likeness (QED) is 0.707. The molecule has 1 rings (SSSR count). The molecule has 0 aliphatic rings. The fraction of sp³-hybridized carbons (Fsp3) is 0.538. The van der Waals surface area contributed by atoms with Crippen LogP contribution in [0.4, 0.5) is 0 Å². The van der Waals surface area contributed by atoms with Gasteiger partial charge in [0.1, 0.15) is 0 Å².